The second kappa shape index (κ2) is 5.39. The van der Waals surface area contributed by atoms with Gasteiger partial charge in [0.15, 0.2) is 0 Å². The molecule has 14 heavy (non-hydrogen) atoms. The minimum Gasteiger partial charge on any atom is -0.478 e. The van der Waals surface area contributed by atoms with Crippen LogP contribution in [-0.2, 0) is 9.59 Å². The molecule has 5 heteroatoms. The summed E-state index contributed by atoms with van der Waals surface area (Å²) in [6.07, 6.45) is 1.17. The highest BCUT2D eigenvalue weighted by molar-refractivity contribution is 5.87. The van der Waals surface area contributed by atoms with Crippen LogP contribution in [0.3, 0.4) is 0 Å². The van der Waals surface area contributed by atoms with Crippen molar-refractivity contribution >= 4 is 11.9 Å². The standard InChI is InChI=1S/C5H8O2.C4H8N2O/c1-4(2)3-5(6)7;1-6-2-3(5)4(6)7/h3H,1-2H3,(H,6,7);3H,2,5H2,1H3. The molecular formula is C9H16N2O3. The van der Waals surface area contributed by atoms with Crippen LogP contribution in [0, 0.1) is 0 Å². The fourth-order valence-corrected chi connectivity index (χ4v) is 0.881. The first-order chi connectivity index (χ1) is 6.34. The number of rotatable bonds is 1. The molecule has 1 saturated heterocycles. The summed E-state index contributed by atoms with van der Waals surface area (Å²) in [6.45, 7) is 4.21. The maximum Gasteiger partial charge on any atom is 0.328 e. The normalized spacial score (nSPS) is 19.0. The van der Waals surface area contributed by atoms with Gasteiger partial charge in [0, 0.05) is 19.7 Å². The van der Waals surface area contributed by atoms with E-state index in [0.29, 0.717) is 0 Å². The Morgan fingerprint density at radius 1 is 1.64 bits per heavy atom. The molecule has 0 spiro atoms. The zero-order chi connectivity index (χ0) is 11.3. The van der Waals surface area contributed by atoms with Crippen molar-refractivity contribution in [3.05, 3.63) is 11.6 Å². The van der Waals surface area contributed by atoms with E-state index in [2.05, 4.69) is 0 Å². The van der Waals surface area contributed by atoms with Crippen molar-refractivity contribution in [3.8, 4) is 0 Å². The minimum absolute atomic E-state index is 0.0556. The van der Waals surface area contributed by atoms with Crippen LogP contribution in [-0.4, -0.2) is 41.5 Å². The van der Waals surface area contributed by atoms with E-state index in [1.165, 1.54) is 6.08 Å². The predicted octanol–water partition coefficient (Wildman–Crippen LogP) is -0.177. The maximum atomic E-state index is 10.4. The molecule has 0 radical (unpaired) electrons. The molecule has 0 aromatic heterocycles. The van der Waals surface area contributed by atoms with E-state index < -0.39 is 5.97 Å². The van der Waals surface area contributed by atoms with Crippen molar-refractivity contribution in [1.82, 2.24) is 4.90 Å². The van der Waals surface area contributed by atoms with Crippen LogP contribution in [0.5, 0.6) is 0 Å². The average Bonchev–Trinajstić information content (AvgIpc) is 2.03. The van der Waals surface area contributed by atoms with Crippen molar-refractivity contribution in [2.75, 3.05) is 13.6 Å². The van der Waals surface area contributed by atoms with Crippen molar-refractivity contribution < 1.29 is 14.7 Å². The Morgan fingerprint density at radius 2 is 2.14 bits per heavy atom. The number of carboxylic acids is 1. The van der Waals surface area contributed by atoms with Gasteiger partial charge in [0.1, 0.15) is 6.04 Å². The number of β-lactam (4-membered cyclic amide) rings is 1. The highest BCUT2D eigenvalue weighted by atomic mass is 16.4. The summed E-state index contributed by atoms with van der Waals surface area (Å²) in [5.74, 6) is -0.819. The fraction of sp³-hybridized carbons (Fsp3) is 0.556. The monoisotopic (exact) mass is 200 g/mol. The van der Waals surface area contributed by atoms with Gasteiger partial charge in [0.2, 0.25) is 5.91 Å². The number of aliphatic carboxylic acids is 1. The molecule has 80 valence electrons. The molecule has 0 aromatic carbocycles. The molecule has 1 aliphatic heterocycles. The van der Waals surface area contributed by atoms with Gasteiger partial charge < -0.3 is 15.7 Å². The van der Waals surface area contributed by atoms with Crippen LogP contribution in [0.25, 0.3) is 0 Å². The van der Waals surface area contributed by atoms with E-state index in [9.17, 15) is 9.59 Å². The number of likely N-dealkylation sites (tertiary alicyclic amines) is 1. The predicted molar refractivity (Wildman–Crippen MR) is 52.7 cm³/mol. The topological polar surface area (TPSA) is 83.6 Å². The molecular weight excluding hydrogens is 184 g/mol. The van der Waals surface area contributed by atoms with Crippen molar-refractivity contribution in [2.24, 2.45) is 5.73 Å². The summed E-state index contributed by atoms with van der Waals surface area (Å²) in [7, 11) is 1.74. The smallest absolute Gasteiger partial charge is 0.328 e. The minimum atomic E-state index is -0.875. The second-order valence-electron chi connectivity index (χ2n) is 3.39. The number of nitrogens with zero attached hydrogens (tertiary/aromatic N) is 1. The van der Waals surface area contributed by atoms with Gasteiger partial charge in [-0.25, -0.2) is 4.79 Å². The lowest BCUT2D eigenvalue weighted by Crippen LogP contribution is -2.58. The van der Waals surface area contributed by atoms with Gasteiger partial charge in [-0.3, -0.25) is 4.79 Å². The molecule has 1 heterocycles. The molecule has 1 amide bonds. The maximum absolute atomic E-state index is 10.4. The number of likely N-dealkylation sites (N-methyl/N-ethyl adjacent to an activating group) is 1. The van der Waals surface area contributed by atoms with Gasteiger partial charge in [-0.05, 0) is 13.8 Å². The quantitative estimate of drug-likeness (QED) is 0.454. The van der Waals surface area contributed by atoms with Crippen molar-refractivity contribution in [1.29, 1.82) is 0 Å². The van der Waals surface area contributed by atoms with Gasteiger partial charge in [-0.2, -0.15) is 0 Å². The van der Waals surface area contributed by atoms with Gasteiger partial charge in [0.25, 0.3) is 0 Å². The molecule has 1 aliphatic rings. The van der Waals surface area contributed by atoms with Crippen LogP contribution in [0.15, 0.2) is 11.6 Å². The molecule has 1 fully saturated rings. The van der Waals surface area contributed by atoms with Crippen LogP contribution in [0.1, 0.15) is 13.8 Å². The third-order valence-corrected chi connectivity index (χ3v) is 1.58. The third-order valence-electron chi connectivity index (χ3n) is 1.58. The first-order valence-electron chi connectivity index (χ1n) is 4.23. The number of hydrogen-bond donors (Lipinski definition) is 2. The van der Waals surface area contributed by atoms with E-state index in [-0.39, 0.29) is 11.9 Å². The Morgan fingerprint density at radius 3 is 2.14 bits per heavy atom. The first kappa shape index (κ1) is 12.6. The number of allylic oxidation sites excluding steroid dienone is 1. The summed E-state index contributed by atoms with van der Waals surface area (Å²) in [6, 6.07) is -0.204. The lowest BCUT2D eigenvalue weighted by molar-refractivity contribution is -0.140. The molecule has 0 saturated carbocycles. The Hall–Kier alpha value is -1.36. The number of carboxylic acid groups (broad SMARTS) is 1. The van der Waals surface area contributed by atoms with Crippen molar-refractivity contribution in [2.45, 2.75) is 19.9 Å². The Bertz CT molecular complexity index is 247. The number of carbonyl (C=O) groups excluding carboxylic acids is 1. The summed E-state index contributed by atoms with van der Waals surface area (Å²) >= 11 is 0. The third kappa shape index (κ3) is 4.61. The fourth-order valence-electron chi connectivity index (χ4n) is 0.881. The van der Waals surface area contributed by atoms with E-state index in [0.717, 1.165) is 12.1 Å². The summed E-state index contributed by atoms with van der Waals surface area (Å²) < 4.78 is 0. The molecule has 0 bridgehead atoms. The Balaban J connectivity index is 0.000000241. The van der Waals surface area contributed by atoms with Gasteiger partial charge in [-0.1, -0.05) is 5.57 Å². The van der Waals surface area contributed by atoms with Crippen LogP contribution >= 0.6 is 0 Å². The number of carbonyl (C=O) groups is 2. The lowest BCUT2D eigenvalue weighted by atomic mass is 10.1. The number of amides is 1. The molecule has 1 rings (SSSR count). The van der Waals surface area contributed by atoms with Gasteiger partial charge in [0.05, 0.1) is 0 Å². The SMILES string of the molecule is CC(C)=CC(=O)O.CN1CC(N)C1=O. The number of hydrogen-bond acceptors (Lipinski definition) is 3. The Labute approximate surface area is 83.2 Å². The highest BCUT2D eigenvalue weighted by Crippen LogP contribution is 2.01. The highest BCUT2D eigenvalue weighted by Gasteiger charge is 2.29. The summed E-state index contributed by atoms with van der Waals surface area (Å²) in [4.78, 5) is 21.7. The van der Waals surface area contributed by atoms with Gasteiger partial charge in [-0.15, -0.1) is 0 Å². The summed E-state index contributed by atoms with van der Waals surface area (Å²) in [5, 5.41) is 8.01. The van der Waals surface area contributed by atoms with Crippen LogP contribution < -0.4 is 5.73 Å². The van der Waals surface area contributed by atoms with Crippen LogP contribution in [0.4, 0.5) is 0 Å². The summed E-state index contributed by atoms with van der Waals surface area (Å²) in [5.41, 5.74) is 6.03. The van der Waals surface area contributed by atoms with Crippen LogP contribution in [0.2, 0.25) is 0 Å². The largest absolute Gasteiger partial charge is 0.478 e. The average molecular weight is 200 g/mol. The molecule has 0 aromatic rings. The zero-order valence-electron chi connectivity index (χ0n) is 8.65. The lowest BCUT2D eigenvalue weighted by Gasteiger charge is -2.32. The molecule has 0 aliphatic carbocycles. The van der Waals surface area contributed by atoms with E-state index in [1.807, 2.05) is 0 Å². The molecule has 3 N–H and O–H groups in total. The molecule has 5 nitrogen and oxygen atoms in total. The second-order valence-corrected chi connectivity index (χ2v) is 3.39. The Kier molecular flexibility index (Phi) is 4.86. The van der Waals surface area contributed by atoms with Crippen molar-refractivity contribution in [3.63, 3.8) is 0 Å². The molecule has 1 atom stereocenters. The first-order valence-corrected chi connectivity index (χ1v) is 4.23. The number of nitrogens with two attached hydrogens (primary N) is 1. The zero-order valence-corrected chi connectivity index (χ0v) is 8.65. The van der Waals surface area contributed by atoms with E-state index in [1.54, 1.807) is 25.8 Å². The van der Waals surface area contributed by atoms with E-state index >= 15 is 0 Å². The molecule has 1 unspecified atom stereocenters. The van der Waals surface area contributed by atoms with E-state index in [4.69, 9.17) is 10.8 Å². The van der Waals surface area contributed by atoms with Gasteiger partial charge >= 0.3 is 5.97 Å².